The van der Waals surface area contributed by atoms with Gasteiger partial charge in [-0.15, -0.1) is 0 Å². The Hall–Kier alpha value is -2.90. The van der Waals surface area contributed by atoms with Crippen molar-refractivity contribution < 1.29 is 14.3 Å². The maximum absolute atomic E-state index is 12.7. The third-order valence-corrected chi connectivity index (χ3v) is 6.63. The van der Waals surface area contributed by atoms with Crippen LogP contribution in [-0.2, 0) is 20.7 Å². The molecule has 4 rings (SSSR count). The smallest absolute Gasteiger partial charge is 0.238 e. The van der Waals surface area contributed by atoms with Gasteiger partial charge in [-0.3, -0.25) is 14.5 Å². The Morgan fingerprint density at radius 1 is 0.941 bits per heavy atom. The van der Waals surface area contributed by atoms with Crippen molar-refractivity contribution in [2.75, 3.05) is 56.0 Å². The van der Waals surface area contributed by atoms with Gasteiger partial charge >= 0.3 is 0 Å². The van der Waals surface area contributed by atoms with E-state index >= 15 is 0 Å². The molecular formula is C27H36N4O3. The van der Waals surface area contributed by atoms with E-state index in [-0.39, 0.29) is 24.0 Å². The van der Waals surface area contributed by atoms with Crippen LogP contribution in [0.3, 0.4) is 0 Å². The minimum atomic E-state index is -0.0268. The van der Waals surface area contributed by atoms with Gasteiger partial charge in [0.2, 0.25) is 11.8 Å². The van der Waals surface area contributed by atoms with Gasteiger partial charge in [0.1, 0.15) is 0 Å². The van der Waals surface area contributed by atoms with E-state index in [1.807, 2.05) is 48.2 Å². The van der Waals surface area contributed by atoms with Crippen LogP contribution in [0.5, 0.6) is 0 Å². The van der Waals surface area contributed by atoms with Crippen LogP contribution in [0.2, 0.25) is 0 Å². The molecule has 2 aliphatic rings. The van der Waals surface area contributed by atoms with Crippen LogP contribution < -0.4 is 10.2 Å². The molecule has 182 valence electrons. The standard InChI is InChI=1S/C27H36N4O3/c1-20-6-4-5-7-23(20)16-27(33)30-14-12-29(13-15-30)19-26(32)28-24-8-10-25(11-9-24)31-17-21(2)34-22(3)18-31/h4-11,21-22H,12-19H2,1-3H3,(H,28,32). The zero-order valence-electron chi connectivity index (χ0n) is 20.5. The van der Waals surface area contributed by atoms with Crippen LogP contribution in [0.15, 0.2) is 48.5 Å². The molecule has 2 fully saturated rings. The lowest BCUT2D eigenvalue weighted by molar-refractivity contribution is -0.132. The minimum absolute atomic E-state index is 0.0268. The van der Waals surface area contributed by atoms with Crippen LogP contribution in [0, 0.1) is 6.92 Å². The molecule has 2 aromatic rings. The molecule has 7 heteroatoms. The Morgan fingerprint density at radius 2 is 1.59 bits per heavy atom. The summed E-state index contributed by atoms with van der Waals surface area (Å²) in [5, 5.41) is 3.01. The number of nitrogens with one attached hydrogen (secondary N) is 1. The molecule has 0 aliphatic carbocycles. The summed E-state index contributed by atoms with van der Waals surface area (Å²) in [4.78, 5) is 31.6. The first kappa shape index (κ1) is 24.2. The summed E-state index contributed by atoms with van der Waals surface area (Å²) in [5.74, 6) is 0.128. The number of morpholine rings is 1. The average molecular weight is 465 g/mol. The van der Waals surface area contributed by atoms with Gasteiger partial charge in [-0.1, -0.05) is 24.3 Å². The van der Waals surface area contributed by atoms with E-state index in [9.17, 15) is 9.59 Å². The highest BCUT2D eigenvalue weighted by atomic mass is 16.5. The summed E-state index contributed by atoms with van der Waals surface area (Å²) >= 11 is 0. The number of anilines is 2. The topological polar surface area (TPSA) is 65.1 Å². The minimum Gasteiger partial charge on any atom is -0.372 e. The number of amides is 2. The molecule has 34 heavy (non-hydrogen) atoms. The van der Waals surface area contributed by atoms with Crippen LogP contribution in [-0.4, -0.2) is 79.6 Å². The van der Waals surface area contributed by atoms with Crippen molar-refractivity contribution in [2.45, 2.75) is 39.4 Å². The Labute approximate surface area is 202 Å². The Kier molecular flexibility index (Phi) is 7.85. The van der Waals surface area contributed by atoms with E-state index in [4.69, 9.17) is 4.74 Å². The van der Waals surface area contributed by atoms with Crippen molar-refractivity contribution in [3.63, 3.8) is 0 Å². The van der Waals surface area contributed by atoms with Crippen molar-refractivity contribution in [3.8, 4) is 0 Å². The predicted octanol–water partition coefficient (Wildman–Crippen LogP) is 2.93. The number of rotatable bonds is 6. The second-order valence-corrected chi connectivity index (χ2v) is 9.52. The number of ether oxygens (including phenoxy) is 1. The molecule has 7 nitrogen and oxygen atoms in total. The SMILES string of the molecule is Cc1ccccc1CC(=O)N1CCN(CC(=O)Nc2ccc(N3CC(C)OC(C)C3)cc2)CC1. The molecule has 0 radical (unpaired) electrons. The predicted molar refractivity (Wildman–Crippen MR) is 135 cm³/mol. The number of nitrogens with zero attached hydrogens (tertiary/aromatic N) is 3. The number of hydrogen-bond donors (Lipinski definition) is 1. The first-order valence-electron chi connectivity index (χ1n) is 12.2. The van der Waals surface area contributed by atoms with E-state index in [2.05, 4.69) is 41.1 Å². The largest absolute Gasteiger partial charge is 0.372 e. The van der Waals surface area contributed by atoms with Crippen LogP contribution in [0.1, 0.15) is 25.0 Å². The van der Waals surface area contributed by atoms with Crippen molar-refractivity contribution in [2.24, 2.45) is 0 Å². The highest BCUT2D eigenvalue weighted by molar-refractivity contribution is 5.92. The fourth-order valence-electron chi connectivity index (χ4n) is 4.79. The van der Waals surface area contributed by atoms with Gasteiger partial charge in [0, 0.05) is 50.6 Å². The first-order valence-corrected chi connectivity index (χ1v) is 12.2. The number of piperazine rings is 1. The molecule has 2 heterocycles. The third kappa shape index (κ3) is 6.36. The third-order valence-electron chi connectivity index (χ3n) is 6.63. The van der Waals surface area contributed by atoms with Crippen molar-refractivity contribution in [3.05, 3.63) is 59.7 Å². The first-order chi connectivity index (χ1) is 16.4. The number of benzene rings is 2. The van der Waals surface area contributed by atoms with Crippen LogP contribution in [0.4, 0.5) is 11.4 Å². The maximum Gasteiger partial charge on any atom is 0.238 e. The fourth-order valence-corrected chi connectivity index (χ4v) is 4.79. The number of hydrogen-bond acceptors (Lipinski definition) is 5. The second-order valence-electron chi connectivity index (χ2n) is 9.52. The van der Waals surface area contributed by atoms with Gasteiger partial charge in [-0.25, -0.2) is 0 Å². The Morgan fingerprint density at radius 3 is 2.24 bits per heavy atom. The Balaban J connectivity index is 1.21. The molecular weight excluding hydrogens is 428 g/mol. The monoisotopic (exact) mass is 464 g/mol. The normalized spacial score (nSPS) is 21.4. The summed E-state index contributed by atoms with van der Waals surface area (Å²) in [5.41, 5.74) is 4.17. The van der Waals surface area contributed by atoms with Gasteiger partial charge in [0.25, 0.3) is 0 Å². The van der Waals surface area contributed by atoms with E-state index in [0.29, 0.717) is 39.1 Å². The van der Waals surface area contributed by atoms with E-state index in [1.165, 1.54) is 0 Å². The summed E-state index contributed by atoms with van der Waals surface area (Å²) in [6.45, 7) is 11.0. The number of carbonyl (C=O) groups excluding carboxylic acids is 2. The zero-order valence-corrected chi connectivity index (χ0v) is 20.5. The summed E-state index contributed by atoms with van der Waals surface area (Å²) in [6.07, 6.45) is 0.855. The van der Waals surface area contributed by atoms with Gasteiger partial charge in [0.15, 0.2) is 0 Å². The van der Waals surface area contributed by atoms with E-state index in [1.54, 1.807) is 0 Å². The molecule has 0 spiro atoms. The molecule has 2 aliphatic heterocycles. The highest BCUT2D eigenvalue weighted by Gasteiger charge is 2.24. The summed E-state index contributed by atoms with van der Waals surface area (Å²) in [7, 11) is 0. The number of aryl methyl sites for hydroxylation is 1. The van der Waals surface area contributed by atoms with E-state index in [0.717, 1.165) is 35.6 Å². The fraction of sp³-hybridized carbons (Fsp3) is 0.481. The number of carbonyl (C=O) groups is 2. The van der Waals surface area contributed by atoms with Crippen molar-refractivity contribution >= 4 is 23.2 Å². The molecule has 2 atom stereocenters. The molecule has 1 N–H and O–H groups in total. The van der Waals surface area contributed by atoms with E-state index < -0.39 is 0 Å². The van der Waals surface area contributed by atoms with Crippen molar-refractivity contribution in [1.82, 2.24) is 9.80 Å². The second kappa shape index (κ2) is 11.0. The molecule has 2 saturated heterocycles. The van der Waals surface area contributed by atoms with Gasteiger partial charge in [0.05, 0.1) is 25.2 Å². The van der Waals surface area contributed by atoms with Gasteiger partial charge in [-0.2, -0.15) is 0 Å². The average Bonchev–Trinajstić information content (AvgIpc) is 2.81. The van der Waals surface area contributed by atoms with Gasteiger partial charge in [-0.05, 0) is 56.2 Å². The summed E-state index contributed by atoms with van der Waals surface area (Å²) < 4.78 is 5.81. The van der Waals surface area contributed by atoms with Crippen molar-refractivity contribution in [1.29, 1.82) is 0 Å². The molecule has 2 amide bonds. The molecule has 0 saturated carbocycles. The zero-order chi connectivity index (χ0) is 24.1. The lowest BCUT2D eigenvalue weighted by Crippen LogP contribution is -2.50. The maximum atomic E-state index is 12.7. The van der Waals surface area contributed by atoms with Crippen LogP contribution in [0.25, 0.3) is 0 Å². The van der Waals surface area contributed by atoms with Gasteiger partial charge < -0.3 is 19.9 Å². The van der Waals surface area contributed by atoms with Crippen LogP contribution >= 0.6 is 0 Å². The lowest BCUT2D eigenvalue weighted by atomic mass is 10.1. The lowest BCUT2D eigenvalue weighted by Gasteiger charge is -2.37. The molecule has 0 aromatic heterocycles. The summed E-state index contributed by atoms with van der Waals surface area (Å²) in [6, 6.07) is 16.0. The molecule has 0 bridgehead atoms. The highest BCUT2D eigenvalue weighted by Crippen LogP contribution is 2.22. The Bertz CT molecular complexity index is 976. The molecule has 2 unspecified atom stereocenters. The molecule has 2 aromatic carbocycles. The quantitative estimate of drug-likeness (QED) is 0.712.